The summed E-state index contributed by atoms with van der Waals surface area (Å²) in [6, 6.07) is 6.83. The third-order valence-corrected chi connectivity index (χ3v) is 3.35. The first-order chi connectivity index (χ1) is 7.75. The molecular weight excluding hydrogens is 228 g/mol. The highest BCUT2D eigenvalue weighted by atomic mass is 32.2. The first-order valence-corrected chi connectivity index (χ1v) is 6.07. The molecule has 1 aromatic rings. The Hall–Kier alpha value is -1.11. The van der Waals surface area contributed by atoms with Crippen molar-refractivity contribution in [1.29, 1.82) is 0 Å². The molecule has 1 unspecified atom stereocenters. The van der Waals surface area contributed by atoms with Crippen molar-refractivity contribution in [2.24, 2.45) is 0 Å². The van der Waals surface area contributed by atoms with Gasteiger partial charge in [0.1, 0.15) is 5.75 Å². The van der Waals surface area contributed by atoms with Crippen molar-refractivity contribution in [3.05, 3.63) is 24.3 Å². The maximum Gasteiger partial charge on any atom is 0.290 e. The molecule has 0 bridgehead atoms. The molecule has 0 amide bonds. The summed E-state index contributed by atoms with van der Waals surface area (Å²) in [4.78, 5) is 0. The van der Waals surface area contributed by atoms with Crippen molar-refractivity contribution in [2.75, 3.05) is 32.0 Å². The predicted molar refractivity (Wildman–Crippen MR) is 62.0 cm³/mol. The molecule has 1 heterocycles. The van der Waals surface area contributed by atoms with E-state index in [-0.39, 0.29) is 0 Å². The van der Waals surface area contributed by atoms with Gasteiger partial charge in [0, 0.05) is 18.8 Å². The van der Waals surface area contributed by atoms with E-state index in [9.17, 15) is 4.21 Å². The molecule has 0 aromatic heterocycles. The Balaban J connectivity index is 1.93. The average molecular weight is 242 g/mol. The second-order valence-electron chi connectivity index (χ2n) is 3.41. The summed E-state index contributed by atoms with van der Waals surface area (Å²) in [5.41, 5.74) is 6.20. The molecule has 2 rings (SSSR count). The zero-order valence-electron chi connectivity index (χ0n) is 8.80. The van der Waals surface area contributed by atoms with E-state index in [2.05, 4.69) is 0 Å². The second kappa shape index (κ2) is 5.29. The standard InChI is InChI=1S/C10H14N2O3S/c11-9-1-3-10(4-2-9)15-16(13)12-5-7-14-8-6-12/h1-4H,5-8,11H2. The fraction of sp³-hybridized carbons (Fsp3) is 0.400. The van der Waals surface area contributed by atoms with Crippen LogP contribution >= 0.6 is 0 Å². The Kier molecular flexibility index (Phi) is 3.76. The van der Waals surface area contributed by atoms with Gasteiger partial charge in [-0.15, -0.1) is 0 Å². The van der Waals surface area contributed by atoms with Gasteiger partial charge < -0.3 is 14.7 Å². The quantitative estimate of drug-likeness (QED) is 0.786. The van der Waals surface area contributed by atoms with Crippen LogP contribution in [0.2, 0.25) is 0 Å². The Morgan fingerprint density at radius 3 is 2.50 bits per heavy atom. The summed E-state index contributed by atoms with van der Waals surface area (Å²) >= 11 is -1.45. The van der Waals surface area contributed by atoms with Gasteiger partial charge in [-0.25, -0.2) is 0 Å². The van der Waals surface area contributed by atoms with E-state index in [1.807, 2.05) is 0 Å². The van der Waals surface area contributed by atoms with Crippen LogP contribution < -0.4 is 9.92 Å². The predicted octanol–water partition coefficient (Wildman–Crippen LogP) is 0.558. The highest BCUT2D eigenvalue weighted by molar-refractivity contribution is 7.78. The number of nitrogen functional groups attached to an aromatic ring is 1. The number of benzene rings is 1. The normalized spacial score (nSPS) is 19.2. The molecule has 0 spiro atoms. The van der Waals surface area contributed by atoms with Crippen molar-refractivity contribution < 1.29 is 13.1 Å². The number of hydrogen-bond acceptors (Lipinski definition) is 4. The molecule has 0 aliphatic carbocycles. The SMILES string of the molecule is Nc1ccc(OS(=O)N2CCOCC2)cc1. The van der Waals surface area contributed by atoms with Crippen molar-refractivity contribution in [3.63, 3.8) is 0 Å². The first-order valence-electron chi connectivity index (χ1n) is 5.04. The maximum atomic E-state index is 11.8. The van der Waals surface area contributed by atoms with E-state index in [1.165, 1.54) is 0 Å². The molecule has 16 heavy (non-hydrogen) atoms. The van der Waals surface area contributed by atoms with Crippen LogP contribution in [0.15, 0.2) is 24.3 Å². The molecule has 2 N–H and O–H groups in total. The molecule has 5 nitrogen and oxygen atoms in total. The molecule has 1 aromatic carbocycles. The van der Waals surface area contributed by atoms with Gasteiger partial charge in [0.2, 0.25) is 0 Å². The third-order valence-electron chi connectivity index (χ3n) is 2.23. The number of rotatable bonds is 3. The first kappa shape index (κ1) is 11.4. The van der Waals surface area contributed by atoms with Crippen LogP contribution in [0.3, 0.4) is 0 Å². The van der Waals surface area contributed by atoms with E-state index in [4.69, 9.17) is 14.7 Å². The Morgan fingerprint density at radius 2 is 1.88 bits per heavy atom. The van der Waals surface area contributed by atoms with E-state index < -0.39 is 11.3 Å². The van der Waals surface area contributed by atoms with Crippen LogP contribution in [-0.4, -0.2) is 34.8 Å². The molecule has 1 atom stereocenters. The fourth-order valence-corrected chi connectivity index (χ4v) is 2.18. The van der Waals surface area contributed by atoms with Crippen LogP contribution in [0.25, 0.3) is 0 Å². The number of hydrogen-bond donors (Lipinski definition) is 1. The lowest BCUT2D eigenvalue weighted by atomic mass is 10.3. The fourth-order valence-electron chi connectivity index (χ4n) is 1.35. The van der Waals surface area contributed by atoms with E-state index in [0.29, 0.717) is 37.7 Å². The monoisotopic (exact) mass is 242 g/mol. The lowest BCUT2D eigenvalue weighted by Crippen LogP contribution is -2.39. The summed E-state index contributed by atoms with van der Waals surface area (Å²) in [7, 11) is 0. The van der Waals surface area contributed by atoms with Crippen molar-refractivity contribution in [1.82, 2.24) is 4.31 Å². The average Bonchev–Trinajstić information content (AvgIpc) is 2.33. The van der Waals surface area contributed by atoms with Crippen LogP contribution in [0.4, 0.5) is 5.69 Å². The van der Waals surface area contributed by atoms with Gasteiger partial charge in [-0.3, -0.25) is 0 Å². The van der Waals surface area contributed by atoms with Crippen LogP contribution in [0.1, 0.15) is 0 Å². The van der Waals surface area contributed by atoms with Crippen molar-refractivity contribution in [3.8, 4) is 5.75 Å². The summed E-state index contributed by atoms with van der Waals surface area (Å²) in [6.45, 7) is 2.44. The molecule has 88 valence electrons. The van der Waals surface area contributed by atoms with Gasteiger partial charge in [0.25, 0.3) is 11.3 Å². The highest BCUT2D eigenvalue weighted by Gasteiger charge is 2.18. The summed E-state index contributed by atoms with van der Waals surface area (Å²) in [5, 5.41) is 0. The van der Waals surface area contributed by atoms with Crippen molar-refractivity contribution in [2.45, 2.75) is 0 Å². The van der Waals surface area contributed by atoms with E-state index >= 15 is 0 Å². The second-order valence-corrected chi connectivity index (χ2v) is 4.53. The lowest BCUT2D eigenvalue weighted by Gasteiger charge is -2.24. The minimum absolute atomic E-state index is 0.555. The molecule has 0 radical (unpaired) electrons. The number of ether oxygens (including phenoxy) is 1. The molecule has 6 heteroatoms. The molecule has 1 aliphatic rings. The minimum Gasteiger partial charge on any atom is -0.399 e. The Labute approximate surface area is 96.9 Å². The molecule has 1 fully saturated rings. The third kappa shape index (κ3) is 2.94. The number of morpholine rings is 1. The minimum atomic E-state index is -1.45. The smallest absolute Gasteiger partial charge is 0.290 e. The Bertz CT molecular complexity index is 363. The molecule has 1 saturated heterocycles. The van der Waals surface area contributed by atoms with Gasteiger partial charge >= 0.3 is 0 Å². The Morgan fingerprint density at radius 1 is 1.25 bits per heavy atom. The molecule has 0 saturated carbocycles. The van der Waals surface area contributed by atoms with Gasteiger partial charge in [-0.05, 0) is 24.3 Å². The zero-order chi connectivity index (χ0) is 11.4. The van der Waals surface area contributed by atoms with Crippen LogP contribution in [0.5, 0.6) is 5.75 Å². The number of nitrogens with zero attached hydrogens (tertiary/aromatic N) is 1. The van der Waals surface area contributed by atoms with E-state index in [1.54, 1.807) is 28.6 Å². The highest BCUT2D eigenvalue weighted by Crippen LogP contribution is 2.15. The summed E-state index contributed by atoms with van der Waals surface area (Å²) < 4.78 is 24.0. The maximum absolute atomic E-state index is 11.8. The summed E-state index contributed by atoms with van der Waals surface area (Å²) in [5.74, 6) is 0.555. The van der Waals surface area contributed by atoms with Gasteiger partial charge in [0.15, 0.2) is 0 Å². The molecular formula is C10H14N2O3S. The largest absolute Gasteiger partial charge is 0.399 e. The zero-order valence-corrected chi connectivity index (χ0v) is 9.61. The van der Waals surface area contributed by atoms with Gasteiger partial charge in [-0.2, -0.15) is 8.51 Å². The van der Waals surface area contributed by atoms with Crippen molar-refractivity contribution >= 4 is 17.0 Å². The van der Waals surface area contributed by atoms with E-state index in [0.717, 1.165) is 0 Å². The molecule has 1 aliphatic heterocycles. The number of anilines is 1. The van der Waals surface area contributed by atoms with Gasteiger partial charge in [0.05, 0.1) is 13.2 Å². The topological polar surface area (TPSA) is 64.8 Å². The van der Waals surface area contributed by atoms with Crippen LogP contribution in [0, 0.1) is 0 Å². The number of nitrogens with two attached hydrogens (primary N) is 1. The summed E-state index contributed by atoms with van der Waals surface area (Å²) in [6.07, 6.45) is 0. The van der Waals surface area contributed by atoms with Gasteiger partial charge in [-0.1, -0.05) is 0 Å². The van der Waals surface area contributed by atoms with Crippen LogP contribution in [-0.2, 0) is 16.0 Å². The lowest BCUT2D eigenvalue weighted by molar-refractivity contribution is 0.0728.